The molecule has 0 atom stereocenters. The van der Waals surface area contributed by atoms with Crippen molar-refractivity contribution in [2.24, 2.45) is 0 Å². The van der Waals surface area contributed by atoms with Crippen LogP contribution in [0.3, 0.4) is 0 Å². The second kappa shape index (κ2) is 6.84. The van der Waals surface area contributed by atoms with Crippen LogP contribution in [0.5, 0.6) is 0 Å². The molecule has 0 bridgehead atoms. The third kappa shape index (κ3) is 2.86. The Kier molecular flexibility index (Phi) is 4.23. The van der Waals surface area contributed by atoms with Crippen LogP contribution in [0, 0.1) is 0 Å². The minimum Gasteiger partial charge on any atom is -0.350 e. The number of fused-ring (bicyclic) bond motifs is 1. The Balaban J connectivity index is 1.71. The predicted octanol–water partition coefficient (Wildman–Crippen LogP) is 5.16. The van der Waals surface area contributed by atoms with Crippen molar-refractivity contribution in [3.05, 3.63) is 84.6 Å². The monoisotopic (exact) mass is 342 g/mol. The average molecular weight is 342 g/mol. The topological polar surface area (TPSA) is 46.3 Å². The molecule has 0 aliphatic rings. The summed E-state index contributed by atoms with van der Waals surface area (Å²) in [5.74, 6) is 0.0390. The lowest BCUT2D eigenvalue weighted by molar-refractivity contribution is 0.0953. The van der Waals surface area contributed by atoms with Gasteiger partial charge < -0.3 is 9.42 Å². The summed E-state index contributed by atoms with van der Waals surface area (Å²) in [6, 6.07) is 25.4. The van der Waals surface area contributed by atoms with Crippen LogP contribution < -0.4 is 4.90 Å². The van der Waals surface area contributed by atoms with E-state index in [1.807, 2.05) is 79.7 Å². The standard InChI is InChI=1S/C22H18N2O2/c1-2-24(20-14-8-12-16-9-6-7-13-18(16)20)22(25)21-15-19(23-26-21)17-10-4-3-5-11-17/h3-15H,2H2,1H3. The van der Waals surface area contributed by atoms with Gasteiger partial charge in [0, 0.05) is 23.6 Å². The molecular weight excluding hydrogens is 324 g/mol. The van der Waals surface area contributed by atoms with E-state index in [4.69, 9.17) is 4.52 Å². The van der Waals surface area contributed by atoms with Gasteiger partial charge in [-0.2, -0.15) is 0 Å². The van der Waals surface area contributed by atoms with Gasteiger partial charge in [0.1, 0.15) is 5.69 Å². The molecule has 3 aromatic carbocycles. The Labute approximate surface area is 151 Å². The SMILES string of the molecule is CCN(C(=O)c1cc(-c2ccccc2)no1)c1cccc2ccccc12. The highest BCUT2D eigenvalue weighted by atomic mass is 16.5. The lowest BCUT2D eigenvalue weighted by Gasteiger charge is -2.21. The number of amides is 1. The van der Waals surface area contributed by atoms with E-state index < -0.39 is 0 Å². The lowest BCUT2D eigenvalue weighted by Crippen LogP contribution is -2.30. The molecule has 0 fully saturated rings. The second-order valence-electron chi connectivity index (χ2n) is 5.99. The van der Waals surface area contributed by atoms with Crippen LogP contribution in [0.15, 0.2) is 83.4 Å². The van der Waals surface area contributed by atoms with E-state index in [1.165, 1.54) is 0 Å². The molecule has 0 saturated heterocycles. The third-order valence-electron chi connectivity index (χ3n) is 4.41. The van der Waals surface area contributed by atoms with Crippen LogP contribution >= 0.6 is 0 Å². The maximum atomic E-state index is 13.1. The highest BCUT2D eigenvalue weighted by molar-refractivity contribution is 6.09. The number of hydrogen-bond donors (Lipinski definition) is 0. The first kappa shape index (κ1) is 16.1. The molecule has 1 amide bonds. The van der Waals surface area contributed by atoms with Gasteiger partial charge in [-0.25, -0.2) is 0 Å². The Morgan fingerprint density at radius 1 is 0.962 bits per heavy atom. The summed E-state index contributed by atoms with van der Waals surface area (Å²) >= 11 is 0. The van der Waals surface area contributed by atoms with Crippen LogP contribution in [-0.4, -0.2) is 17.6 Å². The van der Waals surface area contributed by atoms with Gasteiger partial charge in [0.15, 0.2) is 0 Å². The maximum Gasteiger partial charge on any atom is 0.296 e. The zero-order valence-corrected chi connectivity index (χ0v) is 14.4. The normalized spacial score (nSPS) is 10.8. The van der Waals surface area contributed by atoms with Gasteiger partial charge in [-0.15, -0.1) is 0 Å². The van der Waals surface area contributed by atoms with Gasteiger partial charge >= 0.3 is 0 Å². The summed E-state index contributed by atoms with van der Waals surface area (Å²) in [6.07, 6.45) is 0. The van der Waals surface area contributed by atoms with Crippen molar-refractivity contribution < 1.29 is 9.32 Å². The van der Waals surface area contributed by atoms with E-state index in [-0.39, 0.29) is 11.7 Å². The van der Waals surface area contributed by atoms with Crippen LogP contribution in [0.2, 0.25) is 0 Å². The largest absolute Gasteiger partial charge is 0.350 e. The van der Waals surface area contributed by atoms with Crippen molar-refractivity contribution in [2.45, 2.75) is 6.92 Å². The molecule has 0 aliphatic heterocycles. The molecule has 1 aromatic heterocycles. The van der Waals surface area contributed by atoms with Crippen molar-refractivity contribution in [3.8, 4) is 11.3 Å². The Morgan fingerprint density at radius 2 is 1.69 bits per heavy atom. The molecular formula is C22H18N2O2. The molecule has 0 N–H and O–H groups in total. The molecule has 4 rings (SSSR count). The molecule has 4 aromatic rings. The number of rotatable bonds is 4. The average Bonchev–Trinajstić information content (AvgIpc) is 3.20. The van der Waals surface area contributed by atoms with Gasteiger partial charge in [0.05, 0.1) is 5.69 Å². The third-order valence-corrected chi connectivity index (χ3v) is 4.41. The molecule has 0 aliphatic carbocycles. The maximum absolute atomic E-state index is 13.1. The van der Waals surface area contributed by atoms with Crippen molar-refractivity contribution in [2.75, 3.05) is 11.4 Å². The summed E-state index contributed by atoms with van der Waals surface area (Å²) in [7, 11) is 0. The molecule has 26 heavy (non-hydrogen) atoms. The minimum absolute atomic E-state index is 0.196. The molecule has 1 heterocycles. The number of hydrogen-bond acceptors (Lipinski definition) is 3. The highest BCUT2D eigenvalue weighted by Crippen LogP contribution is 2.28. The predicted molar refractivity (Wildman–Crippen MR) is 103 cm³/mol. The van der Waals surface area contributed by atoms with Gasteiger partial charge in [-0.1, -0.05) is 71.9 Å². The van der Waals surface area contributed by atoms with Gasteiger partial charge in [0.2, 0.25) is 5.76 Å². The molecule has 0 spiro atoms. The van der Waals surface area contributed by atoms with Crippen LogP contribution in [0.1, 0.15) is 17.5 Å². The molecule has 0 radical (unpaired) electrons. The van der Waals surface area contributed by atoms with Crippen molar-refractivity contribution >= 4 is 22.4 Å². The Morgan fingerprint density at radius 3 is 2.50 bits per heavy atom. The fraction of sp³-hybridized carbons (Fsp3) is 0.0909. The summed E-state index contributed by atoms with van der Waals surface area (Å²) in [4.78, 5) is 14.8. The first-order chi connectivity index (χ1) is 12.8. The fourth-order valence-corrected chi connectivity index (χ4v) is 3.12. The Bertz CT molecular complexity index is 1050. The number of carbonyl (C=O) groups is 1. The molecule has 0 unspecified atom stereocenters. The summed E-state index contributed by atoms with van der Waals surface area (Å²) in [5, 5.41) is 6.19. The number of anilines is 1. The number of carbonyl (C=O) groups excluding carboxylic acids is 1. The van der Waals surface area contributed by atoms with Crippen molar-refractivity contribution in [1.82, 2.24) is 5.16 Å². The zero-order valence-electron chi connectivity index (χ0n) is 14.4. The van der Waals surface area contributed by atoms with Crippen molar-refractivity contribution in [1.29, 1.82) is 0 Å². The van der Waals surface area contributed by atoms with Crippen LogP contribution in [0.25, 0.3) is 22.0 Å². The quantitative estimate of drug-likeness (QED) is 0.514. The smallest absolute Gasteiger partial charge is 0.296 e. The van der Waals surface area contributed by atoms with Gasteiger partial charge in [0.25, 0.3) is 5.91 Å². The highest BCUT2D eigenvalue weighted by Gasteiger charge is 2.22. The Hall–Kier alpha value is -3.40. The van der Waals surface area contributed by atoms with E-state index in [9.17, 15) is 4.79 Å². The number of benzene rings is 3. The fourth-order valence-electron chi connectivity index (χ4n) is 3.12. The van der Waals surface area contributed by atoms with Gasteiger partial charge in [-0.3, -0.25) is 4.79 Å². The number of nitrogens with zero attached hydrogens (tertiary/aromatic N) is 2. The molecule has 4 heteroatoms. The first-order valence-corrected chi connectivity index (χ1v) is 8.59. The summed E-state index contributed by atoms with van der Waals surface area (Å²) in [5.41, 5.74) is 2.44. The first-order valence-electron chi connectivity index (χ1n) is 8.59. The number of aromatic nitrogens is 1. The minimum atomic E-state index is -0.196. The van der Waals surface area contributed by atoms with E-state index in [0.717, 1.165) is 22.0 Å². The second-order valence-corrected chi connectivity index (χ2v) is 5.99. The van der Waals surface area contributed by atoms with Crippen LogP contribution in [-0.2, 0) is 0 Å². The molecule has 0 saturated carbocycles. The molecule has 128 valence electrons. The van der Waals surface area contributed by atoms with Gasteiger partial charge in [-0.05, 0) is 18.4 Å². The molecule has 4 nitrogen and oxygen atoms in total. The van der Waals surface area contributed by atoms with Crippen LogP contribution in [0.4, 0.5) is 5.69 Å². The van der Waals surface area contributed by atoms with E-state index >= 15 is 0 Å². The summed E-state index contributed by atoms with van der Waals surface area (Å²) < 4.78 is 5.36. The lowest BCUT2D eigenvalue weighted by atomic mass is 10.1. The van der Waals surface area contributed by atoms with E-state index in [0.29, 0.717) is 12.2 Å². The van der Waals surface area contributed by atoms with E-state index in [2.05, 4.69) is 5.16 Å². The van der Waals surface area contributed by atoms with Crippen molar-refractivity contribution in [3.63, 3.8) is 0 Å². The summed E-state index contributed by atoms with van der Waals surface area (Å²) in [6.45, 7) is 2.49. The zero-order chi connectivity index (χ0) is 17.9. The van der Waals surface area contributed by atoms with E-state index in [1.54, 1.807) is 11.0 Å².